The number of ether oxygens (including phenoxy) is 1. The maximum Gasteiger partial charge on any atom is 0.166 e. The summed E-state index contributed by atoms with van der Waals surface area (Å²) in [5.74, 6) is 0.549. The summed E-state index contributed by atoms with van der Waals surface area (Å²) >= 11 is 5.98. The first kappa shape index (κ1) is 8.86. The van der Waals surface area contributed by atoms with Gasteiger partial charge in [-0.05, 0) is 24.3 Å². The Morgan fingerprint density at radius 1 is 1.36 bits per heavy atom. The zero-order chi connectivity index (χ0) is 9.97. The van der Waals surface area contributed by atoms with Gasteiger partial charge in [-0.2, -0.15) is 0 Å². The molecule has 0 aliphatic rings. The SMILES string of the molecule is C#COc1ccc(Cl)c2cccnc12. The van der Waals surface area contributed by atoms with E-state index >= 15 is 0 Å². The summed E-state index contributed by atoms with van der Waals surface area (Å²) in [6, 6.07) is 7.12. The third-order valence-electron chi connectivity index (χ3n) is 1.85. The number of nitrogens with zero attached hydrogens (tertiary/aromatic N) is 1. The first-order valence-corrected chi connectivity index (χ1v) is 4.36. The fourth-order valence-corrected chi connectivity index (χ4v) is 1.47. The average Bonchev–Trinajstić information content (AvgIpc) is 2.23. The number of halogens is 1. The van der Waals surface area contributed by atoms with Crippen LogP contribution in [-0.4, -0.2) is 4.98 Å². The van der Waals surface area contributed by atoms with Crippen molar-refractivity contribution in [1.82, 2.24) is 4.98 Å². The highest BCUT2D eigenvalue weighted by atomic mass is 35.5. The van der Waals surface area contributed by atoms with Gasteiger partial charge in [-0.25, -0.2) is 0 Å². The van der Waals surface area contributed by atoms with Crippen LogP contribution in [0, 0.1) is 12.5 Å². The minimum absolute atomic E-state index is 0.549. The van der Waals surface area contributed by atoms with E-state index in [2.05, 4.69) is 11.1 Å². The Labute approximate surface area is 86.5 Å². The van der Waals surface area contributed by atoms with E-state index in [-0.39, 0.29) is 0 Å². The molecule has 68 valence electrons. The molecule has 1 aromatic heterocycles. The smallest absolute Gasteiger partial charge is 0.166 e. The molecule has 0 saturated carbocycles. The van der Waals surface area contributed by atoms with Crippen LogP contribution in [-0.2, 0) is 0 Å². The number of pyridine rings is 1. The number of hydrogen-bond acceptors (Lipinski definition) is 2. The van der Waals surface area contributed by atoms with E-state index in [1.165, 1.54) is 0 Å². The predicted molar refractivity (Wildman–Crippen MR) is 56.2 cm³/mol. The molecule has 2 aromatic rings. The molecule has 0 unspecified atom stereocenters. The molecule has 0 aliphatic heterocycles. The highest BCUT2D eigenvalue weighted by Gasteiger charge is 2.05. The van der Waals surface area contributed by atoms with Gasteiger partial charge in [-0.1, -0.05) is 18.0 Å². The molecule has 2 nitrogen and oxygen atoms in total. The van der Waals surface area contributed by atoms with Crippen molar-refractivity contribution in [3.8, 4) is 18.3 Å². The van der Waals surface area contributed by atoms with Crippen LogP contribution in [0.25, 0.3) is 10.9 Å². The fourth-order valence-electron chi connectivity index (χ4n) is 1.26. The molecule has 3 heteroatoms. The standard InChI is InChI=1S/C11H6ClNO/c1-2-14-10-6-5-9(12)8-4-3-7-13-11(8)10/h1,3-7H. The number of terminal acetylenes is 1. The van der Waals surface area contributed by atoms with Crippen LogP contribution in [0.3, 0.4) is 0 Å². The van der Waals surface area contributed by atoms with Crippen LogP contribution >= 0.6 is 11.6 Å². The fraction of sp³-hybridized carbons (Fsp3) is 0. The molecule has 0 spiro atoms. The van der Waals surface area contributed by atoms with Crippen LogP contribution in [0.1, 0.15) is 0 Å². The number of aromatic nitrogens is 1. The summed E-state index contributed by atoms with van der Waals surface area (Å²) in [4.78, 5) is 4.16. The lowest BCUT2D eigenvalue weighted by atomic mass is 10.2. The van der Waals surface area contributed by atoms with Crippen molar-refractivity contribution in [2.75, 3.05) is 0 Å². The highest BCUT2D eigenvalue weighted by Crippen LogP contribution is 2.29. The van der Waals surface area contributed by atoms with Gasteiger partial charge in [0.25, 0.3) is 0 Å². The number of rotatable bonds is 1. The van der Waals surface area contributed by atoms with E-state index in [9.17, 15) is 0 Å². The molecule has 2 rings (SSSR count). The molecule has 14 heavy (non-hydrogen) atoms. The van der Waals surface area contributed by atoms with Crippen molar-refractivity contribution in [3.63, 3.8) is 0 Å². The summed E-state index contributed by atoms with van der Waals surface area (Å²) in [6.07, 6.45) is 8.84. The second kappa shape index (κ2) is 3.57. The third kappa shape index (κ3) is 1.39. The van der Waals surface area contributed by atoms with Gasteiger partial charge in [0.05, 0.1) is 5.02 Å². The van der Waals surface area contributed by atoms with Gasteiger partial charge >= 0.3 is 0 Å². The summed E-state index contributed by atoms with van der Waals surface area (Å²) in [7, 11) is 0. The van der Waals surface area contributed by atoms with Crippen molar-refractivity contribution in [1.29, 1.82) is 0 Å². The van der Waals surface area contributed by atoms with E-state index in [0.29, 0.717) is 16.3 Å². The monoisotopic (exact) mass is 203 g/mol. The molecule has 0 atom stereocenters. The molecule has 0 radical (unpaired) electrons. The first-order chi connectivity index (χ1) is 6.83. The Kier molecular flexibility index (Phi) is 2.26. The van der Waals surface area contributed by atoms with E-state index < -0.39 is 0 Å². The van der Waals surface area contributed by atoms with Gasteiger partial charge in [-0.15, -0.1) is 0 Å². The first-order valence-electron chi connectivity index (χ1n) is 3.98. The molecular formula is C11H6ClNO. The van der Waals surface area contributed by atoms with E-state index in [1.54, 1.807) is 18.3 Å². The zero-order valence-electron chi connectivity index (χ0n) is 7.20. The van der Waals surface area contributed by atoms with Gasteiger partial charge in [-0.3, -0.25) is 4.98 Å². The van der Waals surface area contributed by atoms with Crippen LogP contribution in [0.2, 0.25) is 5.02 Å². The summed E-state index contributed by atoms with van der Waals surface area (Å²) in [5, 5.41) is 1.47. The predicted octanol–water partition coefficient (Wildman–Crippen LogP) is 2.86. The summed E-state index contributed by atoms with van der Waals surface area (Å²) in [6.45, 7) is 0. The van der Waals surface area contributed by atoms with Crippen LogP contribution in [0.5, 0.6) is 5.75 Å². The Balaban J connectivity index is 2.76. The maximum absolute atomic E-state index is 5.98. The van der Waals surface area contributed by atoms with E-state index in [1.807, 2.05) is 12.1 Å². The molecule has 0 amide bonds. The maximum atomic E-state index is 5.98. The highest BCUT2D eigenvalue weighted by molar-refractivity contribution is 6.35. The van der Waals surface area contributed by atoms with Crippen LogP contribution in [0.4, 0.5) is 0 Å². The van der Waals surface area contributed by atoms with Gasteiger partial charge < -0.3 is 4.74 Å². The molecule has 0 aliphatic carbocycles. The average molecular weight is 204 g/mol. The topological polar surface area (TPSA) is 22.1 Å². The zero-order valence-corrected chi connectivity index (χ0v) is 7.95. The minimum Gasteiger partial charge on any atom is -0.406 e. The van der Waals surface area contributed by atoms with Crippen molar-refractivity contribution >= 4 is 22.5 Å². The molecule has 0 fully saturated rings. The van der Waals surface area contributed by atoms with Crippen molar-refractivity contribution < 1.29 is 4.74 Å². The van der Waals surface area contributed by atoms with Gasteiger partial charge in [0.1, 0.15) is 11.6 Å². The van der Waals surface area contributed by atoms with E-state index in [4.69, 9.17) is 22.8 Å². The number of hydrogen-bond donors (Lipinski definition) is 0. The summed E-state index contributed by atoms with van der Waals surface area (Å²) in [5.41, 5.74) is 0.679. The molecule has 0 bridgehead atoms. The number of fused-ring (bicyclic) bond motifs is 1. The van der Waals surface area contributed by atoms with Gasteiger partial charge in [0.15, 0.2) is 5.75 Å². The van der Waals surface area contributed by atoms with E-state index in [0.717, 1.165) is 5.39 Å². The Hall–Kier alpha value is -1.72. The quantitative estimate of drug-likeness (QED) is 0.665. The van der Waals surface area contributed by atoms with Gasteiger partial charge in [0.2, 0.25) is 0 Å². The second-order valence-corrected chi connectivity index (χ2v) is 3.07. The molecule has 1 heterocycles. The Morgan fingerprint density at radius 2 is 2.21 bits per heavy atom. The van der Waals surface area contributed by atoms with Crippen LogP contribution < -0.4 is 4.74 Å². The second-order valence-electron chi connectivity index (χ2n) is 2.67. The lowest BCUT2D eigenvalue weighted by Gasteiger charge is -2.03. The largest absolute Gasteiger partial charge is 0.406 e. The lowest BCUT2D eigenvalue weighted by molar-refractivity contribution is 0.526. The van der Waals surface area contributed by atoms with Gasteiger partial charge in [0, 0.05) is 11.6 Å². The lowest BCUT2D eigenvalue weighted by Crippen LogP contribution is -1.86. The normalized spacial score (nSPS) is 9.71. The summed E-state index contributed by atoms with van der Waals surface area (Å²) < 4.78 is 4.98. The molecular weight excluding hydrogens is 198 g/mol. The Morgan fingerprint density at radius 3 is 3.00 bits per heavy atom. The Bertz CT molecular complexity index is 516. The molecule has 0 N–H and O–H groups in total. The van der Waals surface area contributed by atoms with Crippen molar-refractivity contribution in [2.24, 2.45) is 0 Å². The third-order valence-corrected chi connectivity index (χ3v) is 2.18. The van der Waals surface area contributed by atoms with Crippen molar-refractivity contribution in [3.05, 3.63) is 35.5 Å². The van der Waals surface area contributed by atoms with Crippen LogP contribution in [0.15, 0.2) is 30.5 Å². The minimum atomic E-state index is 0.549. The molecule has 1 aromatic carbocycles. The molecule has 0 saturated heterocycles. The van der Waals surface area contributed by atoms with Crippen molar-refractivity contribution in [2.45, 2.75) is 0 Å². The number of benzene rings is 1.